The topological polar surface area (TPSA) is 78.6 Å². The predicted octanol–water partition coefficient (Wildman–Crippen LogP) is 4.88. The summed E-state index contributed by atoms with van der Waals surface area (Å²) in [7, 11) is -3.76. The van der Waals surface area contributed by atoms with E-state index in [-0.39, 0.29) is 22.1 Å². The molecule has 0 saturated carbocycles. The first-order valence-corrected chi connectivity index (χ1v) is 10.9. The fourth-order valence-electron chi connectivity index (χ4n) is 3.54. The van der Waals surface area contributed by atoms with E-state index in [1.54, 1.807) is 24.3 Å². The fourth-order valence-corrected chi connectivity index (χ4v) is 4.39. The predicted molar refractivity (Wildman–Crippen MR) is 109 cm³/mol. The maximum Gasteiger partial charge on any atom is 0.387 e. The molecular weight excluding hydrogens is 436 g/mol. The van der Waals surface area contributed by atoms with Crippen molar-refractivity contribution in [3.8, 4) is 22.6 Å². The number of ether oxygens (including phenoxy) is 2. The van der Waals surface area contributed by atoms with Gasteiger partial charge in [0.2, 0.25) is 10.0 Å². The molecule has 1 unspecified atom stereocenters. The van der Waals surface area contributed by atoms with Crippen LogP contribution in [0.3, 0.4) is 0 Å². The molecule has 3 aromatic carbocycles. The molecule has 3 aromatic rings. The summed E-state index contributed by atoms with van der Waals surface area (Å²) in [4.78, 5) is 0. The molecule has 30 heavy (non-hydrogen) atoms. The van der Waals surface area contributed by atoms with Gasteiger partial charge in [0, 0.05) is 5.56 Å². The van der Waals surface area contributed by atoms with E-state index in [9.17, 15) is 17.2 Å². The Labute approximate surface area is 177 Å². The Balaban J connectivity index is 1.94. The van der Waals surface area contributed by atoms with Crippen LogP contribution in [0.5, 0.6) is 11.5 Å². The number of nitrogens with two attached hydrogens (primary N) is 1. The SMILES string of the molecule is NS(=O)(=O)Cc1ccc2c(c1)C(c1ccccc1)Oc1ccc(Cl)c(OC(F)F)c1-2. The second-order valence-corrected chi connectivity index (χ2v) is 8.79. The van der Waals surface area contributed by atoms with Gasteiger partial charge in [-0.3, -0.25) is 0 Å². The number of fused-ring (bicyclic) bond motifs is 3. The van der Waals surface area contributed by atoms with Crippen molar-refractivity contribution >= 4 is 21.6 Å². The summed E-state index contributed by atoms with van der Waals surface area (Å²) in [5, 5.41) is 5.19. The quantitative estimate of drug-likeness (QED) is 0.599. The summed E-state index contributed by atoms with van der Waals surface area (Å²) in [5.74, 6) is -0.239. The summed E-state index contributed by atoms with van der Waals surface area (Å²) >= 11 is 6.13. The van der Waals surface area contributed by atoms with Gasteiger partial charge in [0.1, 0.15) is 11.9 Å². The molecule has 0 spiro atoms. The van der Waals surface area contributed by atoms with Gasteiger partial charge in [-0.1, -0.05) is 60.1 Å². The molecule has 156 valence electrons. The highest BCUT2D eigenvalue weighted by Crippen LogP contribution is 2.51. The Morgan fingerprint density at radius 3 is 2.50 bits per heavy atom. The summed E-state index contributed by atoms with van der Waals surface area (Å²) in [6.45, 7) is -3.08. The van der Waals surface area contributed by atoms with E-state index in [1.165, 1.54) is 6.07 Å². The zero-order valence-electron chi connectivity index (χ0n) is 15.4. The number of primary sulfonamides is 1. The number of hydrogen-bond acceptors (Lipinski definition) is 4. The van der Waals surface area contributed by atoms with E-state index in [0.717, 1.165) is 5.56 Å². The molecule has 0 aromatic heterocycles. The first-order chi connectivity index (χ1) is 14.2. The van der Waals surface area contributed by atoms with Crippen LogP contribution in [0.1, 0.15) is 22.8 Å². The van der Waals surface area contributed by atoms with Crippen LogP contribution in [0.15, 0.2) is 60.7 Å². The zero-order valence-corrected chi connectivity index (χ0v) is 17.0. The minimum absolute atomic E-state index is 0.00961. The lowest BCUT2D eigenvalue weighted by atomic mass is 9.88. The molecule has 0 radical (unpaired) electrons. The van der Waals surface area contributed by atoms with Crippen molar-refractivity contribution in [2.45, 2.75) is 18.5 Å². The van der Waals surface area contributed by atoms with Crippen molar-refractivity contribution < 1.29 is 26.7 Å². The standard InChI is InChI=1S/C21H16ClF2NO4S/c22-16-8-9-17-18(20(16)29-21(23)24)14-7-6-12(11-30(25,26)27)10-15(14)19(28-17)13-4-2-1-3-5-13/h1-10,19,21H,11H2,(H2,25,26,27). The number of sulfonamides is 1. The summed E-state index contributed by atoms with van der Waals surface area (Å²) in [6, 6.07) is 17.1. The van der Waals surface area contributed by atoms with Crippen LogP contribution in [0.2, 0.25) is 5.02 Å². The van der Waals surface area contributed by atoms with Gasteiger partial charge >= 0.3 is 6.61 Å². The first kappa shape index (κ1) is 20.6. The van der Waals surface area contributed by atoms with Crippen LogP contribution >= 0.6 is 11.6 Å². The second kappa shape index (κ2) is 7.86. The molecule has 1 heterocycles. The van der Waals surface area contributed by atoms with Gasteiger partial charge in [0.05, 0.1) is 16.3 Å². The smallest absolute Gasteiger partial charge is 0.387 e. The third-order valence-corrected chi connectivity index (χ3v) is 5.69. The second-order valence-electron chi connectivity index (χ2n) is 6.77. The molecule has 1 aliphatic heterocycles. The summed E-state index contributed by atoms with van der Waals surface area (Å²) in [5.41, 5.74) is 2.69. The van der Waals surface area contributed by atoms with Crippen LogP contribution in [0, 0.1) is 0 Å². The van der Waals surface area contributed by atoms with Crippen molar-refractivity contribution in [2.75, 3.05) is 0 Å². The normalized spacial score (nSPS) is 15.3. The number of hydrogen-bond donors (Lipinski definition) is 1. The lowest BCUT2D eigenvalue weighted by Gasteiger charge is -2.31. The largest absolute Gasteiger partial charge is 0.480 e. The van der Waals surface area contributed by atoms with Gasteiger partial charge < -0.3 is 9.47 Å². The molecule has 0 amide bonds. The van der Waals surface area contributed by atoms with Crippen LogP contribution in [-0.4, -0.2) is 15.0 Å². The summed E-state index contributed by atoms with van der Waals surface area (Å²) < 4.78 is 60.0. The van der Waals surface area contributed by atoms with Gasteiger partial charge in [-0.25, -0.2) is 13.6 Å². The molecule has 5 nitrogen and oxygen atoms in total. The van der Waals surface area contributed by atoms with Crippen molar-refractivity contribution in [1.29, 1.82) is 0 Å². The molecule has 2 N–H and O–H groups in total. The van der Waals surface area contributed by atoms with Gasteiger partial charge in [0.15, 0.2) is 5.75 Å². The van der Waals surface area contributed by atoms with E-state index in [1.807, 2.05) is 30.3 Å². The van der Waals surface area contributed by atoms with Gasteiger partial charge in [0.25, 0.3) is 0 Å². The highest BCUT2D eigenvalue weighted by molar-refractivity contribution is 7.88. The van der Waals surface area contributed by atoms with Crippen LogP contribution in [0.4, 0.5) is 8.78 Å². The van der Waals surface area contributed by atoms with Crippen LogP contribution in [0.25, 0.3) is 11.1 Å². The number of halogens is 3. The highest BCUT2D eigenvalue weighted by Gasteiger charge is 2.32. The number of benzene rings is 3. The van der Waals surface area contributed by atoms with Crippen molar-refractivity contribution in [3.05, 3.63) is 82.4 Å². The minimum Gasteiger partial charge on any atom is -0.480 e. The molecule has 9 heteroatoms. The molecule has 0 aliphatic carbocycles. The third-order valence-electron chi connectivity index (χ3n) is 4.66. The highest BCUT2D eigenvalue weighted by atomic mass is 35.5. The molecule has 1 aliphatic rings. The summed E-state index contributed by atoms with van der Waals surface area (Å²) in [6.07, 6.45) is -0.588. The Hall–Kier alpha value is -2.68. The Kier molecular flexibility index (Phi) is 5.40. The minimum atomic E-state index is -3.76. The Morgan fingerprint density at radius 1 is 1.10 bits per heavy atom. The molecule has 0 fully saturated rings. The maximum absolute atomic E-state index is 13.0. The molecule has 4 rings (SSSR count). The fraction of sp³-hybridized carbons (Fsp3) is 0.143. The molecule has 1 atom stereocenters. The third kappa shape index (κ3) is 4.12. The van der Waals surface area contributed by atoms with Gasteiger partial charge in [-0.15, -0.1) is 0 Å². The maximum atomic E-state index is 13.0. The van der Waals surface area contributed by atoms with E-state index in [0.29, 0.717) is 22.4 Å². The van der Waals surface area contributed by atoms with E-state index >= 15 is 0 Å². The van der Waals surface area contributed by atoms with Crippen molar-refractivity contribution in [3.63, 3.8) is 0 Å². The van der Waals surface area contributed by atoms with Crippen molar-refractivity contribution in [1.82, 2.24) is 0 Å². The van der Waals surface area contributed by atoms with Gasteiger partial charge in [-0.2, -0.15) is 8.78 Å². The monoisotopic (exact) mass is 451 g/mol. The van der Waals surface area contributed by atoms with E-state index < -0.39 is 22.7 Å². The first-order valence-electron chi connectivity index (χ1n) is 8.85. The Bertz CT molecular complexity index is 1200. The van der Waals surface area contributed by atoms with Crippen LogP contribution in [-0.2, 0) is 15.8 Å². The van der Waals surface area contributed by atoms with E-state index in [4.69, 9.17) is 26.2 Å². The van der Waals surface area contributed by atoms with E-state index in [2.05, 4.69) is 0 Å². The van der Waals surface area contributed by atoms with Crippen LogP contribution < -0.4 is 14.6 Å². The average Bonchev–Trinajstić information content (AvgIpc) is 2.68. The zero-order chi connectivity index (χ0) is 21.5. The Morgan fingerprint density at radius 2 is 1.83 bits per heavy atom. The molecule has 0 saturated heterocycles. The molecular formula is C21H16ClF2NO4S. The lowest BCUT2D eigenvalue weighted by Crippen LogP contribution is -2.18. The number of rotatable bonds is 5. The average molecular weight is 452 g/mol. The van der Waals surface area contributed by atoms with Gasteiger partial charge in [-0.05, 0) is 28.8 Å². The lowest BCUT2D eigenvalue weighted by molar-refractivity contribution is -0.0495. The number of alkyl halides is 2. The van der Waals surface area contributed by atoms with Crippen molar-refractivity contribution in [2.24, 2.45) is 5.14 Å². The molecule has 0 bridgehead atoms.